The standard InChI is InChI=1S/C11H13Cl6N3O/c1-2-3-4-5-6-21-9-19-7(10(12,13)14)18-8(20-9)11(15,16)17/h2-6H2,1H3. The minimum absolute atomic E-state index is 0.0378. The van der Waals surface area contributed by atoms with Gasteiger partial charge in [-0.3, -0.25) is 0 Å². The monoisotopic (exact) mass is 413 g/mol. The summed E-state index contributed by atoms with van der Waals surface area (Å²) in [7, 11) is 0. The SMILES string of the molecule is CCCCCCOc1nc(C(Cl)(Cl)Cl)nc(C(Cl)(Cl)Cl)n1. The lowest BCUT2D eigenvalue weighted by Gasteiger charge is -2.15. The molecule has 1 aromatic heterocycles. The van der Waals surface area contributed by atoms with E-state index in [1.807, 2.05) is 0 Å². The summed E-state index contributed by atoms with van der Waals surface area (Å²) in [5, 5.41) is 0. The maximum atomic E-state index is 5.75. The van der Waals surface area contributed by atoms with Gasteiger partial charge in [-0.2, -0.15) is 9.97 Å². The van der Waals surface area contributed by atoms with E-state index >= 15 is 0 Å². The van der Waals surface area contributed by atoms with Crippen LogP contribution in [0.15, 0.2) is 0 Å². The summed E-state index contributed by atoms with van der Waals surface area (Å²) in [4.78, 5) is 11.7. The van der Waals surface area contributed by atoms with Gasteiger partial charge in [0, 0.05) is 0 Å². The lowest BCUT2D eigenvalue weighted by Crippen LogP contribution is -2.17. The van der Waals surface area contributed by atoms with Crippen LogP contribution in [0, 0.1) is 0 Å². The number of alkyl halides is 6. The molecule has 0 aliphatic carbocycles. The van der Waals surface area contributed by atoms with Gasteiger partial charge in [0.05, 0.1) is 6.61 Å². The van der Waals surface area contributed by atoms with E-state index in [1.54, 1.807) is 0 Å². The van der Waals surface area contributed by atoms with E-state index in [-0.39, 0.29) is 17.7 Å². The number of rotatable bonds is 6. The van der Waals surface area contributed by atoms with Gasteiger partial charge < -0.3 is 4.74 Å². The Balaban J connectivity index is 2.88. The van der Waals surface area contributed by atoms with Gasteiger partial charge in [-0.25, -0.2) is 4.98 Å². The van der Waals surface area contributed by atoms with Crippen LogP contribution in [0.3, 0.4) is 0 Å². The van der Waals surface area contributed by atoms with Crippen molar-refractivity contribution in [1.29, 1.82) is 0 Å². The van der Waals surface area contributed by atoms with E-state index in [1.165, 1.54) is 0 Å². The molecule has 0 aromatic carbocycles. The number of hydrogen-bond donors (Lipinski definition) is 0. The molecular formula is C11H13Cl6N3O. The van der Waals surface area contributed by atoms with Crippen LogP contribution in [0.2, 0.25) is 0 Å². The summed E-state index contributed by atoms with van der Waals surface area (Å²) in [6, 6.07) is -0.0378. The van der Waals surface area contributed by atoms with Crippen molar-refractivity contribution in [3.63, 3.8) is 0 Å². The molecule has 0 aliphatic rings. The first-order valence-corrected chi connectivity index (χ1v) is 8.44. The number of aromatic nitrogens is 3. The van der Waals surface area contributed by atoms with Crippen LogP contribution in [0.4, 0.5) is 0 Å². The lowest BCUT2D eigenvalue weighted by molar-refractivity contribution is 0.278. The Morgan fingerprint density at radius 1 is 0.810 bits per heavy atom. The van der Waals surface area contributed by atoms with Gasteiger partial charge in [-0.05, 0) is 6.42 Å². The van der Waals surface area contributed by atoms with E-state index in [4.69, 9.17) is 74.3 Å². The number of nitrogens with zero attached hydrogens (tertiary/aromatic N) is 3. The van der Waals surface area contributed by atoms with E-state index in [0.717, 1.165) is 25.7 Å². The fourth-order valence-corrected chi connectivity index (χ4v) is 1.87. The third-order valence-corrected chi connectivity index (χ3v) is 3.37. The predicted molar refractivity (Wildman–Crippen MR) is 87.9 cm³/mol. The highest BCUT2D eigenvalue weighted by Crippen LogP contribution is 2.40. The quantitative estimate of drug-likeness (QED) is 0.455. The second-order valence-electron chi connectivity index (χ2n) is 4.17. The topological polar surface area (TPSA) is 47.9 Å². The largest absolute Gasteiger partial charge is 0.463 e. The van der Waals surface area contributed by atoms with Crippen LogP contribution >= 0.6 is 69.6 Å². The zero-order chi connectivity index (χ0) is 16.1. The van der Waals surface area contributed by atoms with Gasteiger partial charge in [-0.1, -0.05) is 95.8 Å². The molecule has 120 valence electrons. The van der Waals surface area contributed by atoms with E-state index in [0.29, 0.717) is 6.61 Å². The zero-order valence-electron chi connectivity index (χ0n) is 11.1. The van der Waals surface area contributed by atoms with E-state index < -0.39 is 7.59 Å². The fourth-order valence-electron chi connectivity index (χ4n) is 1.37. The zero-order valence-corrected chi connectivity index (χ0v) is 15.6. The molecule has 0 radical (unpaired) electrons. The van der Waals surface area contributed by atoms with Crippen molar-refractivity contribution < 1.29 is 4.74 Å². The normalized spacial score (nSPS) is 12.5. The minimum Gasteiger partial charge on any atom is -0.463 e. The van der Waals surface area contributed by atoms with Gasteiger partial charge >= 0.3 is 6.01 Å². The van der Waals surface area contributed by atoms with Gasteiger partial charge in [0.1, 0.15) is 0 Å². The predicted octanol–water partition coefficient (Wildman–Crippen LogP) is 5.48. The molecule has 10 heteroatoms. The molecule has 0 N–H and O–H groups in total. The molecule has 0 spiro atoms. The third kappa shape index (κ3) is 7.10. The molecule has 4 nitrogen and oxygen atoms in total. The van der Waals surface area contributed by atoms with Crippen molar-refractivity contribution in [2.75, 3.05) is 6.61 Å². The first-order valence-electron chi connectivity index (χ1n) is 6.18. The average Bonchev–Trinajstić information content (AvgIpc) is 2.36. The summed E-state index contributed by atoms with van der Waals surface area (Å²) < 4.78 is 1.68. The molecule has 0 amide bonds. The Hall–Kier alpha value is 0.550. The third-order valence-electron chi connectivity index (χ3n) is 2.35. The summed E-state index contributed by atoms with van der Waals surface area (Å²) >= 11 is 34.5. The second kappa shape index (κ2) is 8.42. The second-order valence-corrected chi connectivity index (χ2v) is 8.73. The van der Waals surface area contributed by atoms with Crippen molar-refractivity contribution >= 4 is 69.6 Å². The van der Waals surface area contributed by atoms with Crippen LogP contribution in [0.25, 0.3) is 0 Å². The Morgan fingerprint density at radius 2 is 1.33 bits per heavy atom. The van der Waals surface area contributed by atoms with Crippen LogP contribution in [0.1, 0.15) is 44.3 Å². The summed E-state index contributed by atoms with van der Waals surface area (Å²) in [6.07, 6.45) is 4.14. The Kier molecular flexibility index (Phi) is 7.85. The summed E-state index contributed by atoms with van der Waals surface area (Å²) in [5.41, 5.74) is 0. The molecule has 0 unspecified atom stereocenters. The Morgan fingerprint density at radius 3 is 1.76 bits per heavy atom. The first-order chi connectivity index (χ1) is 9.64. The highest BCUT2D eigenvalue weighted by molar-refractivity contribution is 6.67. The molecule has 0 aliphatic heterocycles. The molecule has 0 atom stereocenters. The van der Waals surface area contributed by atoms with Crippen LogP contribution in [-0.4, -0.2) is 21.6 Å². The Bertz CT molecular complexity index is 428. The molecule has 21 heavy (non-hydrogen) atoms. The highest BCUT2D eigenvalue weighted by atomic mass is 35.6. The van der Waals surface area contributed by atoms with Crippen LogP contribution in [-0.2, 0) is 7.59 Å². The number of halogens is 6. The maximum absolute atomic E-state index is 5.75. The van der Waals surface area contributed by atoms with Crippen LogP contribution in [0.5, 0.6) is 6.01 Å². The number of hydrogen-bond acceptors (Lipinski definition) is 4. The molecular weight excluding hydrogens is 403 g/mol. The summed E-state index contributed by atoms with van der Waals surface area (Å²) in [6.45, 7) is 2.54. The summed E-state index contributed by atoms with van der Waals surface area (Å²) in [5.74, 6) is -0.320. The van der Waals surface area contributed by atoms with E-state index in [9.17, 15) is 0 Å². The lowest BCUT2D eigenvalue weighted by atomic mass is 10.2. The van der Waals surface area contributed by atoms with E-state index in [2.05, 4.69) is 21.9 Å². The van der Waals surface area contributed by atoms with Crippen molar-refractivity contribution in [2.24, 2.45) is 0 Å². The van der Waals surface area contributed by atoms with Gasteiger partial charge in [0.25, 0.3) is 0 Å². The maximum Gasteiger partial charge on any atom is 0.320 e. The van der Waals surface area contributed by atoms with Crippen molar-refractivity contribution in [1.82, 2.24) is 15.0 Å². The molecule has 1 aromatic rings. The minimum atomic E-state index is -1.87. The van der Waals surface area contributed by atoms with Crippen molar-refractivity contribution in [2.45, 2.75) is 40.2 Å². The average molecular weight is 416 g/mol. The highest BCUT2D eigenvalue weighted by Gasteiger charge is 2.34. The first kappa shape index (κ1) is 19.6. The fraction of sp³-hybridized carbons (Fsp3) is 0.727. The van der Waals surface area contributed by atoms with Gasteiger partial charge in [0.15, 0.2) is 11.6 Å². The molecule has 0 fully saturated rings. The number of unbranched alkanes of at least 4 members (excludes halogenated alkanes) is 3. The van der Waals surface area contributed by atoms with Gasteiger partial charge in [-0.15, -0.1) is 0 Å². The van der Waals surface area contributed by atoms with Crippen molar-refractivity contribution in [3.05, 3.63) is 11.6 Å². The van der Waals surface area contributed by atoms with Crippen LogP contribution < -0.4 is 4.74 Å². The smallest absolute Gasteiger partial charge is 0.320 e. The molecule has 0 saturated heterocycles. The Labute approximate surface area is 153 Å². The number of ether oxygens (including phenoxy) is 1. The molecule has 1 rings (SSSR count). The van der Waals surface area contributed by atoms with Gasteiger partial charge in [0.2, 0.25) is 7.59 Å². The van der Waals surface area contributed by atoms with Crippen molar-refractivity contribution in [3.8, 4) is 6.01 Å². The molecule has 1 heterocycles. The molecule has 0 bridgehead atoms. The molecule has 0 saturated carbocycles.